The molecule has 8 nitrogen and oxygen atoms in total. The van der Waals surface area contributed by atoms with Gasteiger partial charge in [-0.2, -0.15) is 8.42 Å². The second-order valence-electron chi connectivity index (χ2n) is 11.0. The van der Waals surface area contributed by atoms with Gasteiger partial charge < -0.3 is 19.4 Å². The third kappa shape index (κ3) is 6.85. The van der Waals surface area contributed by atoms with Crippen molar-refractivity contribution < 1.29 is 31.7 Å². The van der Waals surface area contributed by atoms with Gasteiger partial charge in [0.1, 0.15) is 17.3 Å². The Hall–Kier alpha value is -4.47. The van der Waals surface area contributed by atoms with Crippen LogP contribution in [0.25, 0.3) is 11.1 Å². The SMILES string of the molecule is CC(C)OC(=O)CC(CN)C(C(=O)OCC1c2ccccc2-c2ccccc21)c1ccc(OS(=O)(=O)c2ccccc2)cc1. The number of carbonyl (C=O) groups is 2. The van der Waals surface area contributed by atoms with Gasteiger partial charge in [0.2, 0.25) is 0 Å². The summed E-state index contributed by atoms with van der Waals surface area (Å²) in [4.78, 5) is 26.5. The summed E-state index contributed by atoms with van der Waals surface area (Å²) in [5.74, 6) is -2.62. The molecule has 2 atom stereocenters. The fourth-order valence-corrected chi connectivity index (χ4v) is 6.60. The molecule has 1 aliphatic carbocycles. The van der Waals surface area contributed by atoms with Crippen molar-refractivity contribution in [1.82, 2.24) is 0 Å². The summed E-state index contributed by atoms with van der Waals surface area (Å²) in [6, 6.07) is 30.1. The van der Waals surface area contributed by atoms with E-state index in [0.717, 1.165) is 22.3 Å². The topological polar surface area (TPSA) is 122 Å². The highest BCUT2D eigenvalue weighted by Gasteiger charge is 2.35. The minimum absolute atomic E-state index is 0.0166. The van der Waals surface area contributed by atoms with Crippen LogP contribution in [0.3, 0.4) is 0 Å². The molecule has 0 fully saturated rings. The largest absolute Gasteiger partial charge is 0.464 e. The molecule has 0 heterocycles. The molecule has 0 saturated carbocycles. The van der Waals surface area contributed by atoms with E-state index in [9.17, 15) is 18.0 Å². The maximum Gasteiger partial charge on any atom is 0.339 e. The summed E-state index contributed by atoms with van der Waals surface area (Å²) >= 11 is 0. The molecule has 4 aromatic rings. The molecule has 2 unspecified atom stereocenters. The van der Waals surface area contributed by atoms with Gasteiger partial charge in [0.15, 0.2) is 0 Å². The zero-order chi connectivity index (χ0) is 31.3. The highest BCUT2D eigenvalue weighted by atomic mass is 32.2. The van der Waals surface area contributed by atoms with Crippen LogP contribution in [0.15, 0.2) is 108 Å². The van der Waals surface area contributed by atoms with Crippen molar-refractivity contribution in [2.24, 2.45) is 11.7 Å². The van der Waals surface area contributed by atoms with E-state index in [4.69, 9.17) is 19.4 Å². The Morgan fingerprint density at radius 2 is 1.36 bits per heavy atom. The van der Waals surface area contributed by atoms with Gasteiger partial charge in [0.05, 0.1) is 18.4 Å². The Kier molecular flexibility index (Phi) is 9.46. The Balaban J connectivity index is 1.40. The van der Waals surface area contributed by atoms with Crippen molar-refractivity contribution in [3.8, 4) is 16.9 Å². The molecular formula is C35H35NO7S. The third-order valence-corrected chi connectivity index (χ3v) is 8.92. The van der Waals surface area contributed by atoms with Crippen LogP contribution < -0.4 is 9.92 Å². The minimum Gasteiger partial charge on any atom is -0.464 e. The lowest BCUT2D eigenvalue weighted by Gasteiger charge is -2.26. The monoisotopic (exact) mass is 613 g/mol. The second kappa shape index (κ2) is 13.4. The lowest BCUT2D eigenvalue weighted by atomic mass is 9.83. The normalized spacial score (nSPS) is 13.9. The molecule has 0 amide bonds. The van der Waals surface area contributed by atoms with Crippen molar-refractivity contribution >= 4 is 22.1 Å². The zero-order valence-electron chi connectivity index (χ0n) is 24.6. The van der Waals surface area contributed by atoms with Crippen molar-refractivity contribution in [3.63, 3.8) is 0 Å². The molecular weight excluding hydrogens is 578 g/mol. The molecule has 1 aliphatic rings. The average molecular weight is 614 g/mol. The number of nitrogens with two attached hydrogens (primary N) is 1. The van der Waals surface area contributed by atoms with E-state index in [1.807, 2.05) is 36.4 Å². The molecule has 2 N–H and O–H groups in total. The first kappa shape index (κ1) is 31.0. The van der Waals surface area contributed by atoms with Gasteiger partial charge in [-0.05, 0) is 78.4 Å². The smallest absolute Gasteiger partial charge is 0.339 e. The first-order chi connectivity index (χ1) is 21.2. The Labute approximate surface area is 257 Å². The Morgan fingerprint density at radius 3 is 1.93 bits per heavy atom. The molecule has 44 heavy (non-hydrogen) atoms. The molecule has 0 bridgehead atoms. The molecule has 228 valence electrons. The van der Waals surface area contributed by atoms with Crippen LogP contribution >= 0.6 is 0 Å². The van der Waals surface area contributed by atoms with Gasteiger partial charge in [-0.15, -0.1) is 0 Å². The van der Waals surface area contributed by atoms with Crippen LogP contribution in [0.1, 0.15) is 48.8 Å². The van der Waals surface area contributed by atoms with Crippen LogP contribution in [0, 0.1) is 5.92 Å². The molecule has 0 spiro atoms. The van der Waals surface area contributed by atoms with Gasteiger partial charge >= 0.3 is 22.1 Å². The number of hydrogen-bond acceptors (Lipinski definition) is 8. The molecule has 5 rings (SSSR count). The summed E-state index contributed by atoms with van der Waals surface area (Å²) in [5.41, 5.74) is 11.0. The van der Waals surface area contributed by atoms with E-state index < -0.39 is 33.9 Å². The fourth-order valence-electron chi connectivity index (χ4n) is 5.65. The first-order valence-corrected chi connectivity index (χ1v) is 15.9. The van der Waals surface area contributed by atoms with Crippen molar-refractivity contribution in [2.75, 3.05) is 13.2 Å². The van der Waals surface area contributed by atoms with Crippen LogP contribution in [-0.2, 0) is 29.2 Å². The summed E-state index contributed by atoms with van der Waals surface area (Å²) in [6.07, 6.45) is -0.415. The summed E-state index contributed by atoms with van der Waals surface area (Å²) in [5, 5.41) is 0. The quantitative estimate of drug-likeness (QED) is 0.157. The number of rotatable bonds is 12. The number of hydrogen-bond donors (Lipinski definition) is 1. The summed E-state index contributed by atoms with van der Waals surface area (Å²) in [7, 11) is -4.05. The predicted molar refractivity (Wildman–Crippen MR) is 167 cm³/mol. The van der Waals surface area contributed by atoms with Gasteiger partial charge in [0, 0.05) is 5.92 Å². The van der Waals surface area contributed by atoms with Gasteiger partial charge in [-0.25, -0.2) is 0 Å². The molecule has 9 heteroatoms. The van der Waals surface area contributed by atoms with Gasteiger partial charge in [-0.3, -0.25) is 9.59 Å². The van der Waals surface area contributed by atoms with Gasteiger partial charge in [0.25, 0.3) is 0 Å². The van der Waals surface area contributed by atoms with Crippen molar-refractivity contribution in [2.45, 2.75) is 43.1 Å². The molecule has 0 aliphatic heterocycles. The van der Waals surface area contributed by atoms with E-state index in [2.05, 4.69) is 12.1 Å². The lowest BCUT2D eigenvalue weighted by Crippen LogP contribution is -2.32. The maximum atomic E-state index is 13.9. The van der Waals surface area contributed by atoms with Crippen LogP contribution in [0.4, 0.5) is 0 Å². The number of carbonyl (C=O) groups excluding carboxylic acids is 2. The highest BCUT2D eigenvalue weighted by Crippen LogP contribution is 2.45. The van der Waals surface area contributed by atoms with E-state index in [0.29, 0.717) is 5.56 Å². The highest BCUT2D eigenvalue weighted by molar-refractivity contribution is 7.87. The molecule has 0 saturated heterocycles. The number of ether oxygens (including phenoxy) is 2. The summed E-state index contributed by atoms with van der Waals surface area (Å²) in [6.45, 7) is 3.62. The number of esters is 2. The lowest BCUT2D eigenvalue weighted by molar-refractivity contribution is -0.151. The van der Waals surface area contributed by atoms with E-state index in [1.54, 1.807) is 44.2 Å². The number of fused-ring (bicyclic) bond motifs is 3. The molecule has 4 aromatic carbocycles. The minimum atomic E-state index is -4.05. The Bertz CT molecular complexity index is 1670. The van der Waals surface area contributed by atoms with Crippen LogP contribution in [-0.4, -0.2) is 39.6 Å². The summed E-state index contributed by atoms with van der Waals surface area (Å²) < 4.78 is 42.1. The van der Waals surface area contributed by atoms with E-state index in [-0.39, 0.29) is 42.2 Å². The predicted octanol–water partition coefficient (Wildman–Crippen LogP) is 5.81. The molecule has 0 radical (unpaired) electrons. The van der Waals surface area contributed by atoms with E-state index >= 15 is 0 Å². The third-order valence-electron chi connectivity index (χ3n) is 7.66. The average Bonchev–Trinajstić information content (AvgIpc) is 3.34. The fraction of sp³-hybridized carbons (Fsp3) is 0.257. The Morgan fingerprint density at radius 1 is 0.795 bits per heavy atom. The van der Waals surface area contributed by atoms with Crippen LogP contribution in [0.5, 0.6) is 5.75 Å². The second-order valence-corrected chi connectivity index (χ2v) is 12.5. The zero-order valence-corrected chi connectivity index (χ0v) is 25.4. The maximum absolute atomic E-state index is 13.9. The van der Waals surface area contributed by atoms with Crippen molar-refractivity contribution in [1.29, 1.82) is 0 Å². The first-order valence-electron chi connectivity index (χ1n) is 14.5. The van der Waals surface area contributed by atoms with Gasteiger partial charge in [-0.1, -0.05) is 78.9 Å². The van der Waals surface area contributed by atoms with E-state index in [1.165, 1.54) is 24.3 Å². The molecule has 0 aromatic heterocycles. The number of benzene rings is 4. The van der Waals surface area contributed by atoms with Crippen LogP contribution in [0.2, 0.25) is 0 Å². The standard InChI is InChI=1S/C35H35NO7S/c1-23(2)42-33(37)20-25(21-36)34(24-16-18-26(19-17-24)43-44(39,40)27-10-4-3-5-11-27)35(38)41-22-32-30-14-8-6-12-28(30)29-13-7-9-15-31(29)32/h3-19,23,25,32,34H,20-22,36H2,1-2H3. The van der Waals surface area contributed by atoms with Crippen molar-refractivity contribution in [3.05, 3.63) is 120 Å².